The summed E-state index contributed by atoms with van der Waals surface area (Å²) in [4.78, 5) is 0. The quantitative estimate of drug-likeness (QED) is 0.260. The molecule has 2 aromatic rings. The standard InChI is InChI=1S/C34H34S3/c35-23-31-17-32(24-36)19-33(18-31,25-37)22-34(20-31,21-32)30-15-13-29(14-16-30)12-11-28-9-7-27(8-10-28)6-5-26-3-1-2-4-26/h1-4,7-10,13-16,26,35-37H,17-25H2. The van der Waals surface area contributed by atoms with Crippen molar-refractivity contribution >= 4 is 37.9 Å². The van der Waals surface area contributed by atoms with E-state index < -0.39 is 0 Å². The molecular formula is C34H34S3. The van der Waals surface area contributed by atoms with Crippen LogP contribution in [0.25, 0.3) is 0 Å². The molecule has 0 aromatic heterocycles. The van der Waals surface area contributed by atoms with E-state index in [-0.39, 0.29) is 11.3 Å². The molecule has 0 atom stereocenters. The summed E-state index contributed by atoms with van der Waals surface area (Å²) < 4.78 is 0. The van der Waals surface area contributed by atoms with Gasteiger partial charge < -0.3 is 0 Å². The van der Waals surface area contributed by atoms with Gasteiger partial charge >= 0.3 is 0 Å². The summed E-state index contributed by atoms with van der Waals surface area (Å²) in [6.07, 6.45) is 15.9. The summed E-state index contributed by atoms with van der Waals surface area (Å²) in [5.74, 6) is 16.4. The molecule has 4 fully saturated rings. The van der Waals surface area contributed by atoms with Crippen LogP contribution in [-0.4, -0.2) is 17.3 Å². The lowest BCUT2D eigenvalue weighted by molar-refractivity contribution is -0.145. The fourth-order valence-electron chi connectivity index (χ4n) is 8.48. The predicted octanol–water partition coefficient (Wildman–Crippen LogP) is 7.55. The van der Waals surface area contributed by atoms with Crippen molar-refractivity contribution in [1.82, 2.24) is 0 Å². The molecule has 4 saturated carbocycles. The van der Waals surface area contributed by atoms with Gasteiger partial charge in [-0.05, 0) is 119 Å². The fourth-order valence-corrected chi connectivity index (χ4v) is 9.49. The van der Waals surface area contributed by atoms with Crippen molar-refractivity contribution in [2.45, 2.75) is 43.9 Å². The monoisotopic (exact) mass is 538 g/mol. The van der Waals surface area contributed by atoms with E-state index in [1.807, 2.05) is 12.2 Å². The van der Waals surface area contributed by atoms with E-state index in [9.17, 15) is 0 Å². The van der Waals surface area contributed by atoms with E-state index in [0.717, 1.165) is 33.9 Å². The van der Waals surface area contributed by atoms with Crippen molar-refractivity contribution in [2.24, 2.45) is 22.2 Å². The summed E-state index contributed by atoms with van der Waals surface area (Å²) >= 11 is 14.7. The molecule has 188 valence electrons. The van der Waals surface area contributed by atoms with Gasteiger partial charge in [0.2, 0.25) is 0 Å². The Kier molecular flexibility index (Phi) is 6.64. The topological polar surface area (TPSA) is 0 Å². The highest BCUT2D eigenvalue weighted by molar-refractivity contribution is 7.80. The average Bonchev–Trinajstić information content (AvgIpc) is 3.45. The van der Waals surface area contributed by atoms with E-state index in [1.165, 1.54) is 44.1 Å². The second-order valence-electron chi connectivity index (χ2n) is 12.3. The summed E-state index contributed by atoms with van der Waals surface area (Å²) in [5.41, 5.74) is 5.77. The molecule has 0 radical (unpaired) electrons. The maximum atomic E-state index is 4.90. The van der Waals surface area contributed by atoms with Crippen LogP contribution in [-0.2, 0) is 5.41 Å². The molecule has 0 unspecified atom stereocenters. The molecule has 0 heterocycles. The maximum Gasteiger partial charge on any atom is 0.0573 e. The van der Waals surface area contributed by atoms with Crippen molar-refractivity contribution in [3.63, 3.8) is 0 Å². The number of rotatable bonds is 4. The Labute approximate surface area is 239 Å². The molecule has 7 rings (SSSR count). The molecule has 4 bridgehead atoms. The highest BCUT2D eigenvalue weighted by Gasteiger charge is 2.67. The lowest BCUT2D eigenvalue weighted by Crippen LogP contribution is -2.64. The van der Waals surface area contributed by atoms with E-state index in [4.69, 9.17) is 37.9 Å². The first-order chi connectivity index (χ1) is 17.9. The Hall–Kier alpha value is -1.91. The molecule has 0 aliphatic heterocycles. The third-order valence-corrected chi connectivity index (χ3v) is 11.3. The van der Waals surface area contributed by atoms with Gasteiger partial charge in [0.1, 0.15) is 0 Å². The Bertz CT molecular complexity index is 1290. The fraction of sp³-hybridized carbons (Fsp3) is 0.412. The van der Waals surface area contributed by atoms with Crippen molar-refractivity contribution in [3.05, 3.63) is 95.1 Å². The summed E-state index contributed by atoms with van der Waals surface area (Å²) in [7, 11) is 0. The first kappa shape index (κ1) is 25.4. The van der Waals surface area contributed by atoms with Crippen LogP contribution < -0.4 is 0 Å². The number of allylic oxidation sites excluding steroid dienone is 4. The lowest BCUT2D eigenvalue weighted by Gasteiger charge is -2.71. The minimum Gasteiger partial charge on any atom is -0.179 e. The normalized spacial score (nSPS) is 33.2. The van der Waals surface area contributed by atoms with Crippen molar-refractivity contribution < 1.29 is 0 Å². The van der Waals surface area contributed by atoms with Crippen LogP contribution in [0, 0.1) is 45.8 Å². The maximum absolute atomic E-state index is 4.90. The second-order valence-corrected chi connectivity index (χ2v) is 13.2. The molecule has 0 amide bonds. The summed E-state index contributed by atoms with van der Waals surface area (Å²) in [6, 6.07) is 17.4. The predicted molar refractivity (Wildman–Crippen MR) is 166 cm³/mol. The molecule has 0 saturated heterocycles. The Morgan fingerprint density at radius 1 is 0.568 bits per heavy atom. The minimum atomic E-state index is 0.218. The first-order valence-corrected chi connectivity index (χ1v) is 15.2. The Morgan fingerprint density at radius 3 is 1.41 bits per heavy atom. The largest absolute Gasteiger partial charge is 0.179 e. The van der Waals surface area contributed by atoms with Gasteiger partial charge in [-0.3, -0.25) is 0 Å². The van der Waals surface area contributed by atoms with E-state index >= 15 is 0 Å². The smallest absolute Gasteiger partial charge is 0.0573 e. The van der Waals surface area contributed by atoms with Gasteiger partial charge in [0.15, 0.2) is 0 Å². The van der Waals surface area contributed by atoms with Crippen LogP contribution >= 0.6 is 37.9 Å². The number of hydrogen-bond acceptors (Lipinski definition) is 3. The van der Waals surface area contributed by atoms with E-state index in [2.05, 4.69) is 84.4 Å². The first-order valence-electron chi connectivity index (χ1n) is 13.4. The van der Waals surface area contributed by atoms with Crippen molar-refractivity contribution in [3.8, 4) is 23.7 Å². The molecule has 0 nitrogen and oxygen atoms in total. The van der Waals surface area contributed by atoms with Gasteiger partial charge in [-0.15, -0.1) is 0 Å². The molecule has 37 heavy (non-hydrogen) atoms. The molecular weight excluding hydrogens is 505 g/mol. The molecule has 5 aliphatic carbocycles. The zero-order valence-electron chi connectivity index (χ0n) is 21.2. The van der Waals surface area contributed by atoms with Crippen LogP contribution in [0.15, 0.2) is 72.8 Å². The average molecular weight is 539 g/mol. The van der Waals surface area contributed by atoms with Crippen LogP contribution in [0.5, 0.6) is 0 Å². The molecule has 0 N–H and O–H groups in total. The lowest BCUT2D eigenvalue weighted by atomic mass is 9.35. The van der Waals surface area contributed by atoms with Gasteiger partial charge in [-0.2, -0.15) is 37.9 Å². The van der Waals surface area contributed by atoms with Crippen LogP contribution in [0.4, 0.5) is 0 Å². The number of thiol groups is 3. The van der Waals surface area contributed by atoms with E-state index in [0.29, 0.717) is 16.2 Å². The molecule has 5 aliphatic rings. The highest BCUT2D eigenvalue weighted by Crippen LogP contribution is 2.74. The van der Waals surface area contributed by atoms with Gasteiger partial charge in [0, 0.05) is 16.7 Å². The minimum absolute atomic E-state index is 0.218. The van der Waals surface area contributed by atoms with Crippen molar-refractivity contribution in [1.29, 1.82) is 0 Å². The van der Waals surface area contributed by atoms with Gasteiger partial charge in [0.05, 0.1) is 5.92 Å². The van der Waals surface area contributed by atoms with Gasteiger partial charge in [-0.25, -0.2) is 0 Å². The Morgan fingerprint density at radius 2 is 0.973 bits per heavy atom. The number of hydrogen-bond donors (Lipinski definition) is 3. The van der Waals surface area contributed by atoms with Crippen LogP contribution in [0.3, 0.4) is 0 Å². The second kappa shape index (κ2) is 9.68. The molecule has 2 aromatic carbocycles. The highest BCUT2D eigenvalue weighted by atomic mass is 32.1. The van der Waals surface area contributed by atoms with Gasteiger partial charge in [0.25, 0.3) is 0 Å². The summed E-state index contributed by atoms with van der Waals surface area (Å²) in [6.45, 7) is 0. The number of benzene rings is 2. The SMILES string of the molecule is SCC12CC3(CS)CC(CS)(C1)CC(c1ccc(C#Cc4ccc(C#CC5C=CC=C5)cc4)cc1)(C2)C3. The van der Waals surface area contributed by atoms with Gasteiger partial charge in [-0.1, -0.05) is 60.1 Å². The summed E-state index contributed by atoms with van der Waals surface area (Å²) in [5, 5.41) is 0. The third kappa shape index (κ3) is 4.74. The van der Waals surface area contributed by atoms with Crippen molar-refractivity contribution in [2.75, 3.05) is 17.3 Å². The van der Waals surface area contributed by atoms with Crippen LogP contribution in [0.1, 0.15) is 60.8 Å². The van der Waals surface area contributed by atoms with Crippen LogP contribution in [0.2, 0.25) is 0 Å². The van der Waals surface area contributed by atoms with E-state index in [1.54, 1.807) is 0 Å². The third-order valence-electron chi connectivity index (χ3n) is 9.26. The zero-order chi connectivity index (χ0) is 25.6. The zero-order valence-corrected chi connectivity index (χ0v) is 23.9. The Balaban J connectivity index is 1.22. The molecule has 0 spiro atoms. The molecule has 3 heteroatoms.